The Bertz CT molecular complexity index is 317. The van der Waals surface area contributed by atoms with E-state index in [1.807, 2.05) is 6.07 Å². The molecule has 2 atom stereocenters. The van der Waals surface area contributed by atoms with Gasteiger partial charge in [0.25, 0.3) is 0 Å². The fourth-order valence-electron chi connectivity index (χ4n) is 2.20. The van der Waals surface area contributed by atoms with E-state index in [9.17, 15) is 0 Å². The Morgan fingerprint density at radius 2 is 2.06 bits per heavy atom. The molecule has 1 aromatic rings. The molecule has 0 bridgehead atoms. The largest absolute Gasteiger partial charge is 0.371 e. The topological polar surface area (TPSA) is 12.5 Å². The summed E-state index contributed by atoms with van der Waals surface area (Å²) in [5, 5.41) is 0. The summed E-state index contributed by atoms with van der Waals surface area (Å²) < 4.78 is 5.73. The highest BCUT2D eigenvalue weighted by Gasteiger charge is 2.24. The zero-order valence-electron chi connectivity index (χ0n) is 9.60. The maximum Gasteiger partial charge on any atom is 0.0841 e. The third-order valence-electron chi connectivity index (χ3n) is 2.82. The van der Waals surface area contributed by atoms with Gasteiger partial charge in [-0.15, -0.1) is 11.6 Å². The molecule has 0 N–H and O–H groups in total. The van der Waals surface area contributed by atoms with Gasteiger partial charge in [-0.3, -0.25) is 4.90 Å². The van der Waals surface area contributed by atoms with E-state index in [0.717, 1.165) is 19.6 Å². The monoisotopic (exact) mass is 239 g/mol. The van der Waals surface area contributed by atoms with E-state index in [4.69, 9.17) is 16.3 Å². The van der Waals surface area contributed by atoms with Crippen LogP contribution in [0.3, 0.4) is 0 Å². The van der Waals surface area contributed by atoms with E-state index in [0.29, 0.717) is 5.88 Å². The Labute approximate surface area is 102 Å². The summed E-state index contributed by atoms with van der Waals surface area (Å²) in [6.45, 7) is 5.02. The van der Waals surface area contributed by atoms with Crippen molar-refractivity contribution in [2.75, 3.05) is 19.0 Å². The van der Waals surface area contributed by atoms with Gasteiger partial charge in [0.2, 0.25) is 0 Å². The molecule has 0 saturated carbocycles. The molecular formula is C13H18ClNO. The molecule has 2 rings (SSSR count). The van der Waals surface area contributed by atoms with Gasteiger partial charge in [-0.2, -0.15) is 0 Å². The summed E-state index contributed by atoms with van der Waals surface area (Å²) in [6.07, 6.45) is 0.454. The second-order valence-electron chi connectivity index (χ2n) is 4.40. The van der Waals surface area contributed by atoms with Crippen molar-refractivity contribution in [3.63, 3.8) is 0 Å². The Morgan fingerprint density at radius 3 is 2.75 bits per heavy atom. The number of alkyl halides is 1. The third-order valence-corrected chi connectivity index (χ3v) is 3.17. The molecule has 16 heavy (non-hydrogen) atoms. The number of hydrogen-bond acceptors (Lipinski definition) is 2. The number of halogens is 1. The van der Waals surface area contributed by atoms with Crippen LogP contribution in [0.5, 0.6) is 0 Å². The quantitative estimate of drug-likeness (QED) is 0.752. The lowest BCUT2D eigenvalue weighted by Crippen LogP contribution is -2.46. The Morgan fingerprint density at radius 1 is 1.31 bits per heavy atom. The highest BCUT2D eigenvalue weighted by Crippen LogP contribution is 2.15. The molecule has 0 radical (unpaired) electrons. The van der Waals surface area contributed by atoms with Crippen molar-refractivity contribution < 1.29 is 4.74 Å². The number of nitrogens with zero attached hydrogens (tertiary/aromatic N) is 1. The van der Waals surface area contributed by atoms with Gasteiger partial charge in [-0.1, -0.05) is 30.3 Å². The summed E-state index contributed by atoms with van der Waals surface area (Å²) in [5.41, 5.74) is 1.35. The first kappa shape index (κ1) is 11.9. The molecule has 0 aliphatic carbocycles. The van der Waals surface area contributed by atoms with Crippen LogP contribution in [0.1, 0.15) is 12.5 Å². The smallest absolute Gasteiger partial charge is 0.0841 e. The minimum atomic E-state index is 0.175. The average Bonchev–Trinajstić information content (AvgIpc) is 2.29. The van der Waals surface area contributed by atoms with Crippen LogP contribution in [-0.4, -0.2) is 36.1 Å². The number of morpholine rings is 1. The molecule has 88 valence electrons. The summed E-state index contributed by atoms with van der Waals surface area (Å²) in [7, 11) is 0. The van der Waals surface area contributed by atoms with Crippen LogP contribution in [-0.2, 0) is 11.3 Å². The van der Waals surface area contributed by atoms with Crippen LogP contribution in [0.25, 0.3) is 0 Å². The summed E-state index contributed by atoms with van der Waals surface area (Å²) in [4.78, 5) is 2.41. The first-order valence-corrected chi connectivity index (χ1v) is 6.29. The standard InChI is InChI=1S/C13H18ClNO/c1-11-8-15(10-13(7-14)16-11)9-12-5-3-2-4-6-12/h2-6,11,13H,7-10H2,1H3/t11-,13-/m1/s1. The first-order valence-electron chi connectivity index (χ1n) is 5.75. The van der Waals surface area contributed by atoms with Crippen molar-refractivity contribution in [1.29, 1.82) is 0 Å². The van der Waals surface area contributed by atoms with Gasteiger partial charge in [0.05, 0.1) is 12.2 Å². The fraction of sp³-hybridized carbons (Fsp3) is 0.538. The Hall–Kier alpha value is -0.570. The fourth-order valence-corrected chi connectivity index (χ4v) is 2.37. The molecule has 0 spiro atoms. The molecular weight excluding hydrogens is 222 g/mol. The number of hydrogen-bond donors (Lipinski definition) is 0. The van der Waals surface area contributed by atoms with E-state index in [1.54, 1.807) is 0 Å². The molecule has 1 saturated heterocycles. The van der Waals surface area contributed by atoms with Crippen LogP contribution >= 0.6 is 11.6 Å². The normalized spacial score (nSPS) is 26.9. The van der Waals surface area contributed by atoms with Crippen LogP contribution in [0.2, 0.25) is 0 Å². The number of benzene rings is 1. The minimum Gasteiger partial charge on any atom is -0.371 e. The molecule has 1 aliphatic heterocycles. The highest BCUT2D eigenvalue weighted by molar-refractivity contribution is 6.18. The average molecular weight is 240 g/mol. The summed E-state index contributed by atoms with van der Waals surface area (Å²) >= 11 is 5.86. The van der Waals surface area contributed by atoms with Crippen molar-refractivity contribution in [2.45, 2.75) is 25.7 Å². The molecule has 0 unspecified atom stereocenters. The van der Waals surface area contributed by atoms with E-state index < -0.39 is 0 Å². The zero-order valence-corrected chi connectivity index (χ0v) is 10.4. The van der Waals surface area contributed by atoms with Crippen LogP contribution in [0.15, 0.2) is 30.3 Å². The van der Waals surface area contributed by atoms with Crippen LogP contribution in [0, 0.1) is 0 Å². The van der Waals surface area contributed by atoms with Gasteiger partial charge in [0.1, 0.15) is 0 Å². The molecule has 1 heterocycles. The molecule has 0 amide bonds. The predicted octanol–water partition coefficient (Wildman–Crippen LogP) is 2.51. The van der Waals surface area contributed by atoms with E-state index >= 15 is 0 Å². The first-order chi connectivity index (χ1) is 7.78. The van der Waals surface area contributed by atoms with Crippen molar-refractivity contribution in [3.8, 4) is 0 Å². The van der Waals surface area contributed by atoms with E-state index in [1.165, 1.54) is 5.56 Å². The highest BCUT2D eigenvalue weighted by atomic mass is 35.5. The molecule has 1 fully saturated rings. The van der Waals surface area contributed by atoms with Gasteiger partial charge in [-0.25, -0.2) is 0 Å². The van der Waals surface area contributed by atoms with Gasteiger partial charge >= 0.3 is 0 Å². The maximum atomic E-state index is 5.86. The minimum absolute atomic E-state index is 0.175. The molecule has 3 heteroatoms. The number of rotatable bonds is 3. The summed E-state index contributed by atoms with van der Waals surface area (Å²) in [5.74, 6) is 0.579. The van der Waals surface area contributed by atoms with Crippen LogP contribution in [0.4, 0.5) is 0 Å². The van der Waals surface area contributed by atoms with Gasteiger partial charge in [0, 0.05) is 25.5 Å². The SMILES string of the molecule is C[C@@H]1CN(Cc2ccccc2)C[C@@H](CCl)O1. The van der Waals surface area contributed by atoms with E-state index in [-0.39, 0.29) is 12.2 Å². The lowest BCUT2D eigenvalue weighted by molar-refractivity contribution is -0.0688. The van der Waals surface area contributed by atoms with Crippen molar-refractivity contribution in [3.05, 3.63) is 35.9 Å². The summed E-state index contributed by atoms with van der Waals surface area (Å²) in [6, 6.07) is 10.5. The third kappa shape index (κ3) is 3.21. The maximum absolute atomic E-state index is 5.86. The van der Waals surface area contributed by atoms with E-state index in [2.05, 4.69) is 36.1 Å². The molecule has 1 aromatic carbocycles. The molecule has 2 nitrogen and oxygen atoms in total. The molecule has 0 aromatic heterocycles. The second-order valence-corrected chi connectivity index (χ2v) is 4.71. The zero-order chi connectivity index (χ0) is 11.4. The van der Waals surface area contributed by atoms with Crippen molar-refractivity contribution >= 4 is 11.6 Å². The Kier molecular flexibility index (Phi) is 4.22. The predicted molar refractivity (Wildman–Crippen MR) is 66.8 cm³/mol. The Balaban J connectivity index is 1.94. The van der Waals surface area contributed by atoms with Gasteiger partial charge < -0.3 is 4.74 Å². The van der Waals surface area contributed by atoms with Gasteiger partial charge in [-0.05, 0) is 12.5 Å². The second kappa shape index (κ2) is 5.67. The molecule has 1 aliphatic rings. The number of ether oxygens (including phenoxy) is 1. The lowest BCUT2D eigenvalue weighted by Gasteiger charge is -2.36. The van der Waals surface area contributed by atoms with Crippen molar-refractivity contribution in [2.24, 2.45) is 0 Å². The lowest BCUT2D eigenvalue weighted by atomic mass is 10.1. The van der Waals surface area contributed by atoms with Crippen molar-refractivity contribution in [1.82, 2.24) is 4.90 Å². The van der Waals surface area contributed by atoms with Crippen LogP contribution < -0.4 is 0 Å². The van der Waals surface area contributed by atoms with Gasteiger partial charge in [0.15, 0.2) is 0 Å².